The molecule has 0 aliphatic heterocycles. The molecule has 0 saturated heterocycles. The number of aliphatic hydroxyl groups excluding tert-OH is 1. The standard InChI is InChI=1S/C18H30O/c1-2-3-4-5-6-7-8-9-10-11-12-13-14-15-16-17-18-19/h3-4,6-7,9-10,12-13,19H,2,5,8,11,14-18H2,1H3/b4-3+,7-6+,10-9+,13-12+. The fourth-order valence-corrected chi connectivity index (χ4v) is 1.65. The van der Waals surface area contributed by atoms with E-state index in [1.165, 1.54) is 6.42 Å². The van der Waals surface area contributed by atoms with Gasteiger partial charge in [-0.3, -0.25) is 0 Å². The third-order valence-corrected chi connectivity index (χ3v) is 2.75. The van der Waals surface area contributed by atoms with Crippen LogP contribution in [0.1, 0.15) is 58.3 Å². The minimum Gasteiger partial charge on any atom is -0.396 e. The van der Waals surface area contributed by atoms with E-state index in [2.05, 4.69) is 55.5 Å². The second kappa shape index (κ2) is 16.9. The molecule has 0 aromatic heterocycles. The predicted octanol–water partition coefficient (Wildman–Crippen LogP) is 5.34. The molecule has 108 valence electrons. The molecule has 1 heteroatoms. The lowest BCUT2D eigenvalue weighted by Crippen LogP contribution is -1.81. The van der Waals surface area contributed by atoms with E-state index in [1.807, 2.05) is 0 Å². The monoisotopic (exact) mass is 262 g/mol. The highest BCUT2D eigenvalue weighted by molar-refractivity contribution is 4.99. The molecule has 19 heavy (non-hydrogen) atoms. The van der Waals surface area contributed by atoms with Crippen LogP contribution in [-0.2, 0) is 0 Å². The summed E-state index contributed by atoms with van der Waals surface area (Å²) in [6, 6.07) is 0. The molecule has 0 bridgehead atoms. The SMILES string of the molecule is CC/C=C/C/C=C/C/C=C/C/C=C/CCCCCO. The van der Waals surface area contributed by atoms with Gasteiger partial charge in [0.05, 0.1) is 0 Å². The minimum atomic E-state index is 0.328. The van der Waals surface area contributed by atoms with Crippen molar-refractivity contribution in [2.45, 2.75) is 58.3 Å². The molecule has 0 saturated carbocycles. The van der Waals surface area contributed by atoms with Gasteiger partial charge in [-0.25, -0.2) is 0 Å². The summed E-state index contributed by atoms with van der Waals surface area (Å²) in [5, 5.41) is 8.63. The molecule has 0 heterocycles. The van der Waals surface area contributed by atoms with Gasteiger partial charge in [0.15, 0.2) is 0 Å². The zero-order valence-electron chi connectivity index (χ0n) is 12.4. The van der Waals surface area contributed by atoms with E-state index in [9.17, 15) is 0 Å². The van der Waals surface area contributed by atoms with Crippen LogP contribution in [0.2, 0.25) is 0 Å². The second-order valence-corrected chi connectivity index (χ2v) is 4.57. The molecule has 0 unspecified atom stereocenters. The van der Waals surface area contributed by atoms with Crippen molar-refractivity contribution in [2.75, 3.05) is 6.61 Å². The first-order valence-electron chi connectivity index (χ1n) is 7.62. The van der Waals surface area contributed by atoms with Crippen molar-refractivity contribution in [1.29, 1.82) is 0 Å². The van der Waals surface area contributed by atoms with Gasteiger partial charge in [0.1, 0.15) is 0 Å². The van der Waals surface area contributed by atoms with Gasteiger partial charge in [-0.2, -0.15) is 0 Å². The highest BCUT2D eigenvalue weighted by atomic mass is 16.2. The van der Waals surface area contributed by atoms with Crippen LogP contribution < -0.4 is 0 Å². The minimum absolute atomic E-state index is 0.328. The zero-order chi connectivity index (χ0) is 14.0. The maximum atomic E-state index is 8.63. The van der Waals surface area contributed by atoms with Crippen LogP contribution in [0.4, 0.5) is 0 Å². The summed E-state index contributed by atoms with van der Waals surface area (Å²) < 4.78 is 0. The van der Waals surface area contributed by atoms with Crippen LogP contribution in [-0.4, -0.2) is 11.7 Å². The molecule has 0 aliphatic carbocycles. The number of aliphatic hydroxyl groups is 1. The number of hydrogen-bond donors (Lipinski definition) is 1. The lowest BCUT2D eigenvalue weighted by Gasteiger charge is -1.93. The molecule has 0 aromatic rings. The number of rotatable bonds is 12. The molecule has 0 aliphatic rings. The molecule has 1 N–H and O–H groups in total. The molecular formula is C18H30O. The first-order valence-corrected chi connectivity index (χ1v) is 7.62. The Balaban J connectivity index is 3.33. The molecule has 0 radical (unpaired) electrons. The van der Waals surface area contributed by atoms with Crippen molar-refractivity contribution in [2.24, 2.45) is 0 Å². The van der Waals surface area contributed by atoms with Gasteiger partial charge in [0.25, 0.3) is 0 Å². The molecule has 1 nitrogen and oxygen atoms in total. The summed E-state index contributed by atoms with van der Waals surface area (Å²) in [7, 11) is 0. The van der Waals surface area contributed by atoms with E-state index >= 15 is 0 Å². The van der Waals surface area contributed by atoms with Crippen molar-refractivity contribution >= 4 is 0 Å². The van der Waals surface area contributed by atoms with Crippen LogP contribution in [0.25, 0.3) is 0 Å². The van der Waals surface area contributed by atoms with E-state index in [4.69, 9.17) is 5.11 Å². The van der Waals surface area contributed by atoms with Gasteiger partial charge in [-0.1, -0.05) is 62.0 Å². The summed E-state index contributed by atoms with van der Waals surface area (Å²) in [6.45, 7) is 2.48. The van der Waals surface area contributed by atoms with Gasteiger partial charge >= 0.3 is 0 Å². The predicted molar refractivity (Wildman–Crippen MR) is 86.3 cm³/mol. The van der Waals surface area contributed by atoms with Crippen LogP contribution in [0.5, 0.6) is 0 Å². The van der Waals surface area contributed by atoms with Gasteiger partial charge in [0.2, 0.25) is 0 Å². The lowest BCUT2D eigenvalue weighted by molar-refractivity contribution is 0.283. The third-order valence-electron chi connectivity index (χ3n) is 2.75. The summed E-state index contributed by atoms with van der Waals surface area (Å²) in [5.74, 6) is 0. The van der Waals surface area contributed by atoms with E-state index in [1.54, 1.807) is 0 Å². The summed E-state index contributed by atoms with van der Waals surface area (Å²) in [4.78, 5) is 0. The van der Waals surface area contributed by atoms with Crippen molar-refractivity contribution in [3.8, 4) is 0 Å². The third kappa shape index (κ3) is 16.9. The molecular weight excluding hydrogens is 232 g/mol. The fraction of sp³-hybridized carbons (Fsp3) is 0.556. The Bertz CT molecular complexity index is 271. The number of allylic oxidation sites excluding steroid dienone is 8. The Morgan fingerprint density at radius 1 is 0.632 bits per heavy atom. The zero-order valence-corrected chi connectivity index (χ0v) is 12.4. The van der Waals surface area contributed by atoms with Crippen LogP contribution in [0.15, 0.2) is 48.6 Å². The van der Waals surface area contributed by atoms with Crippen molar-refractivity contribution in [3.63, 3.8) is 0 Å². The fourth-order valence-electron chi connectivity index (χ4n) is 1.65. The van der Waals surface area contributed by atoms with Gasteiger partial charge < -0.3 is 5.11 Å². The molecule has 0 fully saturated rings. The molecule has 0 amide bonds. The largest absolute Gasteiger partial charge is 0.396 e. The van der Waals surface area contributed by atoms with Crippen molar-refractivity contribution in [1.82, 2.24) is 0 Å². The maximum Gasteiger partial charge on any atom is 0.0431 e. The second-order valence-electron chi connectivity index (χ2n) is 4.57. The molecule has 0 spiro atoms. The van der Waals surface area contributed by atoms with Crippen LogP contribution in [0, 0.1) is 0 Å². The number of hydrogen-bond acceptors (Lipinski definition) is 1. The topological polar surface area (TPSA) is 20.2 Å². The smallest absolute Gasteiger partial charge is 0.0431 e. The van der Waals surface area contributed by atoms with Crippen molar-refractivity contribution < 1.29 is 5.11 Å². The average Bonchev–Trinajstić information content (AvgIpc) is 2.43. The molecule has 0 rings (SSSR count). The van der Waals surface area contributed by atoms with Gasteiger partial charge in [0, 0.05) is 6.61 Å². The Morgan fingerprint density at radius 3 is 1.68 bits per heavy atom. The quantitative estimate of drug-likeness (QED) is 0.371. The molecule has 0 atom stereocenters. The summed E-state index contributed by atoms with van der Waals surface area (Å²) in [6.07, 6.45) is 26.4. The number of unbranched alkanes of at least 4 members (excludes halogenated alkanes) is 3. The van der Waals surface area contributed by atoms with Crippen LogP contribution in [0.3, 0.4) is 0 Å². The summed E-state index contributed by atoms with van der Waals surface area (Å²) >= 11 is 0. The van der Waals surface area contributed by atoms with E-state index in [0.717, 1.165) is 44.9 Å². The Morgan fingerprint density at radius 2 is 1.16 bits per heavy atom. The summed E-state index contributed by atoms with van der Waals surface area (Å²) in [5.41, 5.74) is 0. The van der Waals surface area contributed by atoms with Gasteiger partial charge in [-0.15, -0.1) is 0 Å². The Kier molecular flexibility index (Phi) is 16.0. The lowest BCUT2D eigenvalue weighted by atomic mass is 10.2. The highest BCUT2D eigenvalue weighted by Crippen LogP contribution is 2.01. The average molecular weight is 262 g/mol. The normalized spacial score (nSPS) is 12.7. The van der Waals surface area contributed by atoms with E-state index in [-0.39, 0.29) is 0 Å². The first kappa shape index (κ1) is 17.9. The molecule has 0 aromatic carbocycles. The highest BCUT2D eigenvalue weighted by Gasteiger charge is 1.84. The van der Waals surface area contributed by atoms with Crippen molar-refractivity contribution in [3.05, 3.63) is 48.6 Å². The van der Waals surface area contributed by atoms with E-state index in [0.29, 0.717) is 6.61 Å². The maximum absolute atomic E-state index is 8.63. The first-order chi connectivity index (χ1) is 9.41. The van der Waals surface area contributed by atoms with Crippen LogP contribution >= 0.6 is 0 Å². The Labute approximate surface area is 119 Å². The van der Waals surface area contributed by atoms with Gasteiger partial charge in [-0.05, 0) is 44.9 Å². The Hall–Kier alpha value is -1.08. The van der Waals surface area contributed by atoms with E-state index < -0.39 is 0 Å².